The third-order valence-electron chi connectivity index (χ3n) is 4.36. The summed E-state index contributed by atoms with van der Waals surface area (Å²) >= 11 is 0. The standard InChI is InChI=1S/C18H30O2Si/c1-15(14-19)17(20-21(5,6)18(2,3)4)13-12-16-10-8-7-9-11-16/h7-13,15,17,19H,14H2,1-6H3/b13-12+/t15-,17-/m0/s1. The zero-order valence-corrected chi connectivity index (χ0v) is 15.3. The summed E-state index contributed by atoms with van der Waals surface area (Å²) < 4.78 is 6.47. The molecule has 0 fully saturated rings. The van der Waals surface area contributed by atoms with Crippen molar-refractivity contribution in [2.24, 2.45) is 5.92 Å². The van der Waals surface area contributed by atoms with Gasteiger partial charge in [-0.3, -0.25) is 0 Å². The van der Waals surface area contributed by atoms with Gasteiger partial charge in [0.2, 0.25) is 0 Å². The van der Waals surface area contributed by atoms with Gasteiger partial charge in [-0.15, -0.1) is 0 Å². The molecular weight excluding hydrogens is 276 g/mol. The van der Waals surface area contributed by atoms with Gasteiger partial charge in [-0.1, -0.05) is 70.2 Å². The van der Waals surface area contributed by atoms with Crippen molar-refractivity contribution in [1.29, 1.82) is 0 Å². The maximum Gasteiger partial charge on any atom is 0.192 e. The Hall–Kier alpha value is -0.903. The Labute approximate surface area is 131 Å². The molecule has 0 heterocycles. The first-order chi connectivity index (χ1) is 9.67. The summed E-state index contributed by atoms with van der Waals surface area (Å²) in [6.45, 7) is 13.4. The minimum Gasteiger partial charge on any atom is -0.410 e. The Morgan fingerprint density at radius 3 is 2.24 bits per heavy atom. The highest BCUT2D eigenvalue weighted by Gasteiger charge is 2.39. The lowest BCUT2D eigenvalue weighted by atomic mass is 10.0. The summed E-state index contributed by atoms with van der Waals surface area (Å²) in [5.74, 6) is 0.0964. The molecule has 0 aliphatic carbocycles. The van der Waals surface area contributed by atoms with Gasteiger partial charge >= 0.3 is 0 Å². The molecule has 1 rings (SSSR count). The number of aliphatic hydroxyl groups is 1. The molecule has 0 aliphatic heterocycles. The fourth-order valence-corrected chi connectivity index (χ4v) is 3.08. The van der Waals surface area contributed by atoms with E-state index in [-0.39, 0.29) is 23.7 Å². The number of hydrogen-bond acceptors (Lipinski definition) is 2. The molecule has 0 amide bonds. The normalized spacial score (nSPS) is 16.1. The highest BCUT2D eigenvalue weighted by Crippen LogP contribution is 2.38. The van der Waals surface area contributed by atoms with Crippen LogP contribution in [-0.4, -0.2) is 26.1 Å². The van der Waals surface area contributed by atoms with Crippen LogP contribution in [0, 0.1) is 5.92 Å². The van der Waals surface area contributed by atoms with Gasteiger partial charge in [0.15, 0.2) is 8.32 Å². The van der Waals surface area contributed by atoms with Gasteiger partial charge in [-0.2, -0.15) is 0 Å². The molecule has 1 N–H and O–H groups in total. The Morgan fingerprint density at radius 1 is 1.19 bits per heavy atom. The van der Waals surface area contributed by atoms with Gasteiger partial charge in [0.1, 0.15) is 0 Å². The van der Waals surface area contributed by atoms with Crippen molar-refractivity contribution in [3.63, 3.8) is 0 Å². The highest BCUT2D eigenvalue weighted by atomic mass is 28.4. The summed E-state index contributed by atoms with van der Waals surface area (Å²) in [6, 6.07) is 10.2. The summed E-state index contributed by atoms with van der Waals surface area (Å²) in [6.07, 6.45) is 4.14. The van der Waals surface area contributed by atoms with Crippen LogP contribution >= 0.6 is 0 Å². The SMILES string of the molecule is C[C@@H](CO)[C@H](/C=C/c1ccccc1)O[Si](C)(C)C(C)(C)C. The second-order valence-corrected chi connectivity index (χ2v) is 12.0. The van der Waals surface area contributed by atoms with Crippen molar-refractivity contribution < 1.29 is 9.53 Å². The van der Waals surface area contributed by atoms with Crippen LogP contribution in [0.2, 0.25) is 18.1 Å². The van der Waals surface area contributed by atoms with Crippen molar-refractivity contribution in [3.8, 4) is 0 Å². The van der Waals surface area contributed by atoms with Crippen LogP contribution in [0.5, 0.6) is 0 Å². The second-order valence-electron chi connectivity index (χ2n) is 7.27. The number of rotatable bonds is 6. The van der Waals surface area contributed by atoms with Crippen LogP contribution in [0.3, 0.4) is 0 Å². The molecule has 0 spiro atoms. The minimum atomic E-state index is -1.85. The third-order valence-corrected chi connectivity index (χ3v) is 8.84. The first kappa shape index (κ1) is 18.1. The lowest BCUT2D eigenvalue weighted by Crippen LogP contribution is -2.45. The number of aliphatic hydroxyl groups excluding tert-OH is 1. The molecule has 2 atom stereocenters. The molecule has 21 heavy (non-hydrogen) atoms. The van der Waals surface area contributed by atoms with E-state index in [9.17, 15) is 5.11 Å². The van der Waals surface area contributed by atoms with Crippen LogP contribution in [-0.2, 0) is 4.43 Å². The highest BCUT2D eigenvalue weighted by molar-refractivity contribution is 6.74. The summed E-state index contributed by atoms with van der Waals surface area (Å²) in [5, 5.41) is 9.67. The smallest absolute Gasteiger partial charge is 0.192 e. The fraction of sp³-hybridized carbons (Fsp3) is 0.556. The predicted molar refractivity (Wildman–Crippen MR) is 93.8 cm³/mol. The largest absolute Gasteiger partial charge is 0.410 e. The van der Waals surface area contributed by atoms with Crippen molar-refractivity contribution >= 4 is 14.4 Å². The summed E-state index contributed by atoms with van der Waals surface area (Å²) in [7, 11) is -1.85. The van der Waals surface area contributed by atoms with Gasteiger partial charge in [0.25, 0.3) is 0 Å². The van der Waals surface area contributed by atoms with Crippen molar-refractivity contribution in [1.82, 2.24) is 0 Å². The van der Waals surface area contributed by atoms with Crippen LogP contribution in [0.25, 0.3) is 6.08 Å². The van der Waals surface area contributed by atoms with E-state index in [0.717, 1.165) is 5.56 Å². The van der Waals surface area contributed by atoms with E-state index in [2.05, 4.69) is 58.2 Å². The topological polar surface area (TPSA) is 29.5 Å². The average Bonchev–Trinajstić information content (AvgIpc) is 2.42. The monoisotopic (exact) mass is 306 g/mol. The van der Waals surface area contributed by atoms with Gasteiger partial charge in [-0.25, -0.2) is 0 Å². The van der Waals surface area contributed by atoms with Gasteiger partial charge < -0.3 is 9.53 Å². The lowest BCUT2D eigenvalue weighted by molar-refractivity contribution is 0.118. The van der Waals surface area contributed by atoms with Crippen molar-refractivity contribution in [3.05, 3.63) is 42.0 Å². The molecule has 0 bridgehead atoms. The molecule has 0 aliphatic rings. The maximum atomic E-state index is 9.50. The van der Waals surface area contributed by atoms with E-state index in [0.29, 0.717) is 0 Å². The minimum absolute atomic E-state index is 0.0453. The van der Waals surface area contributed by atoms with E-state index in [1.165, 1.54) is 0 Å². The Bertz CT molecular complexity index is 446. The van der Waals surface area contributed by atoms with Crippen LogP contribution < -0.4 is 0 Å². The van der Waals surface area contributed by atoms with E-state index in [1.807, 2.05) is 25.1 Å². The predicted octanol–water partition coefficient (Wildman–Crippen LogP) is 4.72. The molecule has 0 radical (unpaired) electrons. The molecule has 2 nitrogen and oxygen atoms in total. The Balaban J connectivity index is 2.90. The first-order valence-corrected chi connectivity index (χ1v) is 10.6. The first-order valence-electron chi connectivity index (χ1n) is 7.69. The molecule has 1 aromatic carbocycles. The second kappa shape index (κ2) is 7.39. The number of benzene rings is 1. The number of hydrogen-bond donors (Lipinski definition) is 1. The van der Waals surface area contributed by atoms with E-state index in [4.69, 9.17) is 4.43 Å². The van der Waals surface area contributed by atoms with Crippen LogP contribution in [0.15, 0.2) is 36.4 Å². The fourth-order valence-electron chi connectivity index (χ4n) is 1.74. The molecule has 0 aromatic heterocycles. The molecule has 118 valence electrons. The van der Waals surface area contributed by atoms with Gasteiger partial charge in [-0.05, 0) is 23.7 Å². The molecule has 0 saturated heterocycles. The molecule has 0 saturated carbocycles. The van der Waals surface area contributed by atoms with Gasteiger partial charge in [0, 0.05) is 12.5 Å². The molecule has 1 aromatic rings. The van der Waals surface area contributed by atoms with Crippen molar-refractivity contribution in [2.45, 2.75) is 51.9 Å². The third kappa shape index (κ3) is 5.42. The summed E-state index contributed by atoms with van der Waals surface area (Å²) in [5.41, 5.74) is 1.16. The van der Waals surface area contributed by atoms with Gasteiger partial charge in [0.05, 0.1) is 6.10 Å². The quantitative estimate of drug-likeness (QED) is 0.771. The zero-order valence-electron chi connectivity index (χ0n) is 14.3. The molecular formula is C18H30O2Si. The van der Waals surface area contributed by atoms with E-state index >= 15 is 0 Å². The van der Waals surface area contributed by atoms with Crippen LogP contribution in [0.4, 0.5) is 0 Å². The Kier molecular flexibility index (Phi) is 6.38. The van der Waals surface area contributed by atoms with Crippen molar-refractivity contribution in [2.75, 3.05) is 6.61 Å². The molecule has 0 unspecified atom stereocenters. The zero-order chi connectivity index (χ0) is 16.1. The molecule has 3 heteroatoms. The van der Waals surface area contributed by atoms with Crippen LogP contribution in [0.1, 0.15) is 33.3 Å². The maximum absolute atomic E-state index is 9.50. The summed E-state index contributed by atoms with van der Waals surface area (Å²) in [4.78, 5) is 0. The van der Waals surface area contributed by atoms with E-state index < -0.39 is 8.32 Å². The average molecular weight is 307 g/mol. The Morgan fingerprint density at radius 2 is 1.76 bits per heavy atom. The lowest BCUT2D eigenvalue weighted by Gasteiger charge is -2.40. The van der Waals surface area contributed by atoms with E-state index in [1.54, 1.807) is 0 Å².